The number of rotatable bonds is 4. The topological polar surface area (TPSA) is 52.9 Å². The maximum atomic E-state index is 12.4. The lowest BCUT2D eigenvalue weighted by Crippen LogP contribution is -2.15. The van der Waals surface area contributed by atoms with Crippen LogP contribution in [0.15, 0.2) is 29.8 Å². The number of thiophene rings is 1. The van der Waals surface area contributed by atoms with Crippen LogP contribution in [0.3, 0.4) is 0 Å². The Morgan fingerprint density at radius 3 is 2.43 bits per heavy atom. The Hall–Kier alpha value is -2.38. The summed E-state index contributed by atoms with van der Waals surface area (Å²) < 4.78 is 0. The summed E-state index contributed by atoms with van der Waals surface area (Å²) in [5.41, 5.74) is 4.05. The van der Waals surface area contributed by atoms with Gasteiger partial charge in [0.1, 0.15) is 11.6 Å². The Morgan fingerprint density at radius 2 is 1.91 bits per heavy atom. The summed E-state index contributed by atoms with van der Waals surface area (Å²) in [6.07, 6.45) is 2.60. The molecular weight excluding hydrogens is 304 g/mol. The van der Waals surface area contributed by atoms with Crippen molar-refractivity contribution in [1.82, 2.24) is 0 Å². The molecule has 1 aromatic heterocycles. The first kappa shape index (κ1) is 17.0. The van der Waals surface area contributed by atoms with Crippen molar-refractivity contribution in [3.05, 3.63) is 56.3 Å². The summed E-state index contributed by atoms with van der Waals surface area (Å²) in [5, 5.41) is 12.2. The van der Waals surface area contributed by atoms with Crippen molar-refractivity contribution in [3.63, 3.8) is 0 Å². The van der Waals surface area contributed by atoms with E-state index in [2.05, 4.69) is 12.2 Å². The van der Waals surface area contributed by atoms with Crippen LogP contribution in [0.2, 0.25) is 0 Å². The van der Waals surface area contributed by atoms with Gasteiger partial charge in [0.25, 0.3) is 5.91 Å². The molecule has 1 N–H and O–H groups in total. The van der Waals surface area contributed by atoms with Crippen molar-refractivity contribution in [1.29, 1.82) is 5.26 Å². The lowest BCUT2D eigenvalue weighted by Gasteiger charge is -2.12. The first-order valence-electron chi connectivity index (χ1n) is 7.54. The van der Waals surface area contributed by atoms with Crippen molar-refractivity contribution >= 4 is 29.0 Å². The molecule has 1 heterocycles. The minimum Gasteiger partial charge on any atom is -0.321 e. The van der Waals surface area contributed by atoms with Crippen molar-refractivity contribution in [2.75, 3.05) is 5.32 Å². The van der Waals surface area contributed by atoms with Gasteiger partial charge in [-0.05, 0) is 56.5 Å². The molecule has 23 heavy (non-hydrogen) atoms. The van der Waals surface area contributed by atoms with E-state index in [4.69, 9.17) is 0 Å². The van der Waals surface area contributed by atoms with Crippen LogP contribution < -0.4 is 5.32 Å². The fraction of sp³-hybridized carbons (Fsp3) is 0.263. The molecular formula is C19H20N2OS. The zero-order chi connectivity index (χ0) is 17.0. The quantitative estimate of drug-likeness (QED) is 0.650. The Bertz CT molecular complexity index is 786. The van der Waals surface area contributed by atoms with Crippen molar-refractivity contribution in [3.8, 4) is 6.07 Å². The van der Waals surface area contributed by atoms with Gasteiger partial charge >= 0.3 is 0 Å². The molecule has 0 fully saturated rings. The van der Waals surface area contributed by atoms with E-state index in [1.54, 1.807) is 17.4 Å². The fourth-order valence-electron chi connectivity index (χ4n) is 2.51. The molecule has 3 nitrogen and oxygen atoms in total. The van der Waals surface area contributed by atoms with E-state index < -0.39 is 0 Å². The van der Waals surface area contributed by atoms with E-state index in [0.717, 1.165) is 33.7 Å². The molecule has 2 rings (SSSR count). The number of carbonyl (C=O) groups excluding carboxylic acids is 1. The zero-order valence-electron chi connectivity index (χ0n) is 13.9. The molecule has 1 amide bonds. The first-order valence-corrected chi connectivity index (χ1v) is 8.36. The molecule has 0 unspecified atom stereocenters. The zero-order valence-corrected chi connectivity index (χ0v) is 14.7. The van der Waals surface area contributed by atoms with Gasteiger partial charge in [0.05, 0.1) is 0 Å². The van der Waals surface area contributed by atoms with Crippen molar-refractivity contribution in [2.24, 2.45) is 0 Å². The molecule has 0 saturated carbocycles. The van der Waals surface area contributed by atoms with Crippen molar-refractivity contribution < 1.29 is 4.79 Å². The van der Waals surface area contributed by atoms with Crippen LogP contribution in [0.1, 0.15) is 33.4 Å². The molecule has 4 heteroatoms. The van der Waals surface area contributed by atoms with Crippen LogP contribution in [0.4, 0.5) is 5.69 Å². The highest BCUT2D eigenvalue weighted by molar-refractivity contribution is 7.12. The van der Waals surface area contributed by atoms with Gasteiger partial charge in [-0.15, -0.1) is 11.3 Å². The van der Waals surface area contributed by atoms with E-state index in [-0.39, 0.29) is 11.5 Å². The second kappa shape index (κ2) is 7.26. The van der Waals surface area contributed by atoms with Gasteiger partial charge in [-0.3, -0.25) is 4.79 Å². The number of nitriles is 1. The third-order valence-electron chi connectivity index (χ3n) is 3.60. The van der Waals surface area contributed by atoms with Gasteiger partial charge in [-0.1, -0.05) is 24.6 Å². The Morgan fingerprint density at radius 1 is 1.26 bits per heavy atom. The van der Waals surface area contributed by atoms with Gasteiger partial charge in [-0.2, -0.15) is 5.26 Å². The van der Waals surface area contributed by atoms with Crippen molar-refractivity contribution in [2.45, 2.75) is 34.1 Å². The third-order valence-corrected chi connectivity index (χ3v) is 4.77. The van der Waals surface area contributed by atoms with Gasteiger partial charge in [0, 0.05) is 15.4 Å². The summed E-state index contributed by atoms with van der Waals surface area (Å²) in [7, 11) is 0. The van der Waals surface area contributed by atoms with Crippen LogP contribution in [-0.4, -0.2) is 5.91 Å². The predicted molar refractivity (Wildman–Crippen MR) is 96.6 cm³/mol. The number of carbonyl (C=O) groups is 1. The van der Waals surface area contributed by atoms with Crippen LogP contribution in [0.5, 0.6) is 0 Å². The number of anilines is 1. The maximum Gasteiger partial charge on any atom is 0.266 e. The van der Waals surface area contributed by atoms with Gasteiger partial charge in [-0.25, -0.2) is 0 Å². The fourth-order valence-corrected chi connectivity index (χ4v) is 3.41. The van der Waals surface area contributed by atoms with E-state index in [1.165, 1.54) is 4.88 Å². The molecule has 0 bridgehead atoms. The number of hydrogen-bond donors (Lipinski definition) is 1. The molecule has 1 aromatic carbocycles. The number of amides is 1. The number of nitrogens with one attached hydrogen (secondary N) is 1. The normalized spacial score (nSPS) is 11.2. The highest BCUT2D eigenvalue weighted by Gasteiger charge is 2.13. The molecule has 0 aliphatic carbocycles. The molecule has 0 atom stereocenters. The minimum atomic E-state index is -0.367. The highest BCUT2D eigenvalue weighted by atomic mass is 32.1. The smallest absolute Gasteiger partial charge is 0.266 e. The van der Waals surface area contributed by atoms with Crippen LogP contribution in [0.25, 0.3) is 6.08 Å². The maximum absolute atomic E-state index is 12.4. The predicted octanol–water partition coefficient (Wildman–Crippen LogP) is 4.78. The highest BCUT2D eigenvalue weighted by Crippen LogP contribution is 2.24. The first-order chi connectivity index (χ1) is 10.9. The average Bonchev–Trinajstić information content (AvgIpc) is 2.96. The minimum absolute atomic E-state index is 0.119. The molecule has 2 aromatic rings. The standard InChI is InChI=1S/C19H20N2OS/c1-5-16-6-7-17(23-16)10-15(11-20)19(22)21-18-13(3)8-12(2)9-14(18)4/h6-10H,5H2,1-4H3,(H,21,22)/b15-10+. The van der Waals surface area contributed by atoms with Gasteiger partial charge in [0.2, 0.25) is 0 Å². The largest absolute Gasteiger partial charge is 0.321 e. The van der Waals surface area contributed by atoms with Gasteiger partial charge in [0.15, 0.2) is 0 Å². The summed E-state index contributed by atoms with van der Waals surface area (Å²) in [4.78, 5) is 14.6. The number of nitrogens with zero attached hydrogens (tertiary/aromatic N) is 1. The summed E-state index contributed by atoms with van der Waals surface area (Å²) >= 11 is 1.60. The SMILES string of the molecule is CCc1ccc(/C=C(\C#N)C(=O)Nc2c(C)cc(C)cc2C)s1. The number of benzene rings is 1. The monoisotopic (exact) mass is 324 g/mol. The van der Waals surface area contributed by atoms with E-state index in [0.29, 0.717) is 0 Å². The second-order valence-corrected chi connectivity index (χ2v) is 6.76. The lowest BCUT2D eigenvalue weighted by atomic mass is 10.0. The molecule has 0 radical (unpaired) electrons. The van der Waals surface area contributed by atoms with Crippen LogP contribution in [0, 0.1) is 32.1 Å². The Kier molecular flexibility index (Phi) is 5.36. The number of aryl methyl sites for hydroxylation is 4. The van der Waals surface area contributed by atoms with E-state index in [9.17, 15) is 10.1 Å². The third kappa shape index (κ3) is 4.08. The summed E-state index contributed by atoms with van der Waals surface area (Å²) in [6, 6.07) is 10.0. The molecule has 0 spiro atoms. The molecule has 0 aliphatic heterocycles. The van der Waals surface area contributed by atoms with E-state index in [1.807, 2.05) is 51.1 Å². The van der Waals surface area contributed by atoms with Gasteiger partial charge < -0.3 is 5.32 Å². The lowest BCUT2D eigenvalue weighted by molar-refractivity contribution is -0.112. The Labute approximate surface area is 141 Å². The Balaban J connectivity index is 2.26. The van der Waals surface area contributed by atoms with Crippen LogP contribution in [-0.2, 0) is 11.2 Å². The molecule has 0 saturated heterocycles. The second-order valence-electron chi connectivity index (χ2n) is 5.56. The molecule has 0 aliphatic rings. The summed E-state index contributed by atoms with van der Waals surface area (Å²) in [6.45, 7) is 8.02. The van der Waals surface area contributed by atoms with Crippen LogP contribution >= 0.6 is 11.3 Å². The average molecular weight is 324 g/mol. The number of hydrogen-bond acceptors (Lipinski definition) is 3. The molecule has 118 valence electrons. The van der Waals surface area contributed by atoms with E-state index >= 15 is 0 Å². The summed E-state index contributed by atoms with van der Waals surface area (Å²) in [5.74, 6) is -0.367.